The highest BCUT2D eigenvalue weighted by atomic mass is 35.5. The Kier molecular flexibility index (Phi) is 5.31. The van der Waals surface area contributed by atoms with E-state index in [2.05, 4.69) is 5.10 Å². The number of aromatic nitrogens is 2. The fourth-order valence-corrected chi connectivity index (χ4v) is 2.33. The highest BCUT2D eigenvalue weighted by molar-refractivity contribution is 6.30. The monoisotopic (exact) mass is 385 g/mol. The van der Waals surface area contributed by atoms with Gasteiger partial charge in [-0.15, -0.1) is 0 Å². The molecule has 0 spiro atoms. The van der Waals surface area contributed by atoms with Gasteiger partial charge in [0.05, 0.1) is 5.56 Å². The molecule has 0 aliphatic carbocycles. The minimum absolute atomic E-state index is 0.0157. The molecule has 0 atom stereocenters. The minimum Gasteiger partial charge on any atom is -0.348 e. The molecule has 136 valence electrons. The molecule has 25 heavy (non-hydrogen) atoms. The van der Waals surface area contributed by atoms with Gasteiger partial charge in [-0.05, 0) is 23.8 Å². The maximum absolute atomic E-state index is 13.8. The smallest absolute Gasteiger partial charge is 0.348 e. The lowest BCUT2D eigenvalue weighted by molar-refractivity contribution is -0.138. The predicted octanol–water partition coefficient (Wildman–Crippen LogP) is 4.10. The predicted molar refractivity (Wildman–Crippen MR) is 75.7 cm³/mol. The standard InChI is InChI=1S/C14H10ClF6N3O/c1-24-12(18)9(10(23-24)11(16)17)13(25)22-5-6-4-7(15)2-3-8(6)14(19,20)21/h2-4,11H,5H2,1H3,(H,22,25). The zero-order valence-electron chi connectivity index (χ0n) is 12.5. The second kappa shape index (κ2) is 6.95. The summed E-state index contributed by atoms with van der Waals surface area (Å²) in [6.07, 6.45) is -7.94. The lowest BCUT2D eigenvalue weighted by Gasteiger charge is -2.14. The molecule has 1 heterocycles. The molecule has 0 bridgehead atoms. The maximum atomic E-state index is 13.8. The molecule has 1 N–H and O–H groups in total. The molecule has 0 fully saturated rings. The molecule has 4 nitrogen and oxygen atoms in total. The lowest BCUT2D eigenvalue weighted by atomic mass is 10.1. The summed E-state index contributed by atoms with van der Waals surface area (Å²) in [6.45, 7) is -0.689. The molecule has 0 aliphatic heterocycles. The normalized spacial score (nSPS) is 11.9. The van der Waals surface area contributed by atoms with E-state index in [-0.39, 0.29) is 5.02 Å². The van der Waals surface area contributed by atoms with Crippen LogP contribution in [-0.2, 0) is 19.8 Å². The summed E-state index contributed by atoms with van der Waals surface area (Å²) in [5, 5.41) is 5.15. The Bertz CT molecular complexity index is 803. The van der Waals surface area contributed by atoms with Crippen LogP contribution < -0.4 is 5.32 Å². The fourth-order valence-electron chi connectivity index (χ4n) is 2.13. The van der Waals surface area contributed by atoms with Crippen molar-refractivity contribution in [2.24, 2.45) is 7.05 Å². The van der Waals surface area contributed by atoms with E-state index < -0.39 is 53.4 Å². The molecule has 0 aliphatic rings. The van der Waals surface area contributed by atoms with Gasteiger partial charge in [-0.2, -0.15) is 22.7 Å². The van der Waals surface area contributed by atoms with Crippen LogP contribution in [0, 0.1) is 5.95 Å². The second-order valence-corrected chi connectivity index (χ2v) is 5.39. The van der Waals surface area contributed by atoms with Crippen LogP contribution in [0.1, 0.15) is 33.6 Å². The van der Waals surface area contributed by atoms with E-state index in [1.807, 2.05) is 5.32 Å². The van der Waals surface area contributed by atoms with Gasteiger partial charge >= 0.3 is 6.18 Å². The molecule has 1 amide bonds. The van der Waals surface area contributed by atoms with Crippen molar-refractivity contribution >= 4 is 17.5 Å². The van der Waals surface area contributed by atoms with E-state index >= 15 is 0 Å². The minimum atomic E-state index is -4.71. The molecule has 2 aromatic rings. The average Bonchev–Trinajstić information content (AvgIpc) is 2.79. The van der Waals surface area contributed by atoms with Crippen LogP contribution >= 0.6 is 11.6 Å². The van der Waals surface area contributed by atoms with Gasteiger partial charge in [0.15, 0.2) is 0 Å². The van der Waals surface area contributed by atoms with Crippen molar-refractivity contribution in [3.05, 3.63) is 51.6 Å². The van der Waals surface area contributed by atoms with Crippen molar-refractivity contribution in [3.63, 3.8) is 0 Å². The largest absolute Gasteiger partial charge is 0.416 e. The molecule has 0 radical (unpaired) electrons. The number of aryl methyl sites for hydroxylation is 1. The molecule has 11 heteroatoms. The van der Waals surface area contributed by atoms with E-state index in [4.69, 9.17) is 11.6 Å². The van der Waals surface area contributed by atoms with Gasteiger partial charge in [-0.3, -0.25) is 4.79 Å². The number of carbonyl (C=O) groups is 1. The third kappa shape index (κ3) is 4.06. The summed E-state index contributed by atoms with van der Waals surface area (Å²) >= 11 is 5.64. The average molecular weight is 386 g/mol. The Morgan fingerprint density at radius 1 is 1.36 bits per heavy atom. The van der Waals surface area contributed by atoms with Gasteiger partial charge < -0.3 is 5.32 Å². The van der Waals surface area contributed by atoms with E-state index in [0.717, 1.165) is 25.2 Å². The Morgan fingerprint density at radius 2 is 2.00 bits per heavy atom. The van der Waals surface area contributed by atoms with Crippen molar-refractivity contribution in [2.45, 2.75) is 19.1 Å². The summed E-state index contributed by atoms with van der Waals surface area (Å²) in [4.78, 5) is 12.0. The van der Waals surface area contributed by atoms with E-state index in [0.29, 0.717) is 4.68 Å². The van der Waals surface area contributed by atoms with Crippen LogP contribution in [0.15, 0.2) is 18.2 Å². The van der Waals surface area contributed by atoms with Gasteiger partial charge in [0.25, 0.3) is 12.3 Å². The number of benzene rings is 1. The van der Waals surface area contributed by atoms with Gasteiger partial charge in [0.1, 0.15) is 11.3 Å². The Morgan fingerprint density at radius 3 is 2.56 bits per heavy atom. The summed E-state index contributed by atoms with van der Waals surface area (Å²) in [5.74, 6) is -2.64. The maximum Gasteiger partial charge on any atom is 0.416 e. The lowest BCUT2D eigenvalue weighted by Crippen LogP contribution is -2.26. The summed E-state index contributed by atoms with van der Waals surface area (Å²) in [7, 11) is 1.01. The molecule has 0 unspecified atom stereocenters. The molecular weight excluding hydrogens is 376 g/mol. The zero-order chi connectivity index (χ0) is 18.9. The number of alkyl halides is 5. The van der Waals surface area contributed by atoms with Crippen LogP contribution in [0.3, 0.4) is 0 Å². The first-order valence-electron chi connectivity index (χ1n) is 6.66. The molecule has 1 aromatic heterocycles. The highest BCUT2D eigenvalue weighted by Crippen LogP contribution is 2.33. The topological polar surface area (TPSA) is 46.9 Å². The van der Waals surface area contributed by atoms with Crippen molar-refractivity contribution < 1.29 is 31.1 Å². The number of amides is 1. The first-order valence-corrected chi connectivity index (χ1v) is 7.04. The van der Waals surface area contributed by atoms with Crippen LogP contribution in [0.4, 0.5) is 26.3 Å². The molecule has 0 saturated heterocycles. The zero-order valence-corrected chi connectivity index (χ0v) is 13.2. The number of carbonyl (C=O) groups excluding carboxylic acids is 1. The first kappa shape index (κ1) is 19.1. The van der Waals surface area contributed by atoms with Crippen LogP contribution in [0.2, 0.25) is 5.02 Å². The third-order valence-electron chi connectivity index (χ3n) is 3.25. The number of rotatable bonds is 4. The summed E-state index contributed by atoms with van der Waals surface area (Å²) in [5.41, 5.74) is -3.57. The van der Waals surface area contributed by atoms with E-state index in [1.165, 1.54) is 0 Å². The van der Waals surface area contributed by atoms with Crippen LogP contribution in [-0.4, -0.2) is 15.7 Å². The van der Waals surface area contributed by atoms with Crippen molar-refractivity contribution in [1.82, 2.24) is 15.1 Å². The number of hydrogen-bond acceptors (Lipinski definition) is 2. The summed E-state index contributed by atoms with van der Waals surface area (Å²) < 4.78 is 78.7. The molecule has 2 rings (SSSR count). The fraction of sp³-hybridized carbons (Fsp3) is 0.286. The molecule has 1 aromatic carbocycles. The van der Waals surface area contributed by atoms with E-state index in [1.54, 1.807) is 0 Å². The van der Waals surface area contributed by atoms with Gasteiger partial charge in [0, 0.05) is 18.6 Å². The Balaban J connectivity index is 2.29. The Hall–Kier alpha value is -2.23. The number of hydrogen-bond donors (Lipinski definition) is 1. The van der Waals surface area contributed by atoms with Crippen molar-refractivity contribution in [3.8, 4) is 0 Å². The quantitative estimate of drug-likeness (QED) is 0.806. The molecule has 0 saturated carbocycles. The number of halogens is 7. The van der Waals surface area contributed by atoms with Crippen molar-refractivity contribution in [2.75, 3.05) is 0 Å². The molecular formula is C14H10ClF6N3O. The number of nitrogens with one attached hydrogen (secondary N) is 1. The second-order valence-electron chi connectivity index (χ2n) is 4.96. The van der Waals surface area contributed by atoms with Gasteiger partial charge in [0.2, 0.25) is 5.95 Å². The number of nitrogens with zero attached hydrogens (tertiary/aromatic N) is 2. The van der Waals surface area contributed by atoms with Crippen LogP contribution in [0.25, 0.3) is 0 Å². The summed E-state index contributed by atoms with van der Waals surface area (Å²) in [6, 6.07) is 2.71. The van der Waals surface area contributed by atoms with E-state index in [9.17, 15) is 31.1 Å². The van der Waals surface area contributed by atoms with Gasteiger partial charge in [-0.25, -0.2) is 13.5 Å². The van der Waals surface area contributed by atoms with Crippen LogP contribution in [0.5, 0.6) is 0 Å². The highest BCUT2D eigenvalue weighted by Gasteiger charge is 2.34. The Labute approximate surface area is 142 Å². The first-order chi connectivity index (χ1) is 11.5. The van der Waals surface area contributed by atoms with Crippen molar-refractivity contribution in [1.29, 1.82) is 0 Å². The SMILES string of the molecule is Cn1nc(C(F)F)c(C(=O)NCc2cc(Cl)ccc2C(F)(F)F)c1F. The third-order valence-corrected chi connectivity index (χ3v) is 3.49. The van der Waals surface area contributed by atoms with Gasteiger partial charge in [-0.1, -0.05) is 11.6 Å².